The molecule has 0 unspecified atom stereocenters. The van der Waals surface area contributed by atoms with Crippen molar-refractivity contribution in [1.29, 1.82) is 0 Å². The number of anilines is 5. The average molecular weight is 356 g/mol. The van der Waals surface area contributed by atoms with Gasteiger partial charge in [0, 0.05) is 24.3 Å². The van der Waals surface area contributed by atoms with Gasteiger partial charge in [-0.3, -0.25) is 0 Å². The lowest BCUT2D eigenvalue weighted by Crippen LogP contribution is -2.39. The number of benzene rings is 2. The van der Waals surface area contributed by atoms with Crippen molar-refractivity contribution in [3.8, 4) is 0 Å². The quantitative estimate of drug-likeness (QED) is 0.734. The van der Waals surface area contributed by atoms with Gasteiger partial charge in [-0.15, -0.1) is 0 Å². The van der Waals surface area contributed by atoms with Gasteiger partial charge in [0.25, 0.3) is 0 Å². The first-order valence-corrected chi connectivity index (χ1v) is 8.98. The number of nitrogen functional groups attached to an aromatic ring is 2. The Morgan fingerprint density at radius 2 is 1.56 bits per heavy atom. The van der Waals surface area contributed by atoms with E-state index in [9.17, 15) is 0 Å². The largest absolute Gasteiger partial charge is 0.382 e. The van der Waals surface area contributed by atoms with E-state index in [0.717, 1.165) is 24.3 Å². The molecular weight excluding hydrogens is 336 g/mol. The van der Waals surface area contributed by atoms with E-state index in [2.05, 4.69) is 74.4 Å². The summed E-state index contributed by atoms with van der Waals surface area (Å²) >= 11 is 0. The van der Waals surface area contributed by atoms with E-state index in [1.807, 2.05) is 6.08 Å². The first-order chi connectivity index (χ1) is 13.2. The van der Waals surface area contributed by atoms with Crippen LogP contribution in [0, 0.1) is 0 Å². The number of hydrogen-bond acceptors (Lipinski definition) is 6. The highest BCUT2D eigenvalue weighted by Crippen LogP contribution is 2.40. The molecule has 0 atom stereocenters. The zero-order chi connectivity index (χ0) is 18.4. The summed E-state index contributed by atoms with van der Waals surface area (Å²) in [5.74, 6) is 0.617. The van der Waals surface area contributed by atoms with Crippen molar-refractivity contribution in [3.63, 3.8) is 0 Å². The van der Waals surface area contributed by atoms with E-state index >= 15 is 0 Å². The molecule has 3 heterocycles. The van der Waals surface area contributed by atoms with Gasteiger partial charge in [-0.25, -0.2) is 4.98 Å². The molecule has 6 heteroatoms. The van der Waals surface area contributed by atoms with Crippen molar-refractivity contribution in [2.24, 2.45) is 0 Å². The molecule has 2 aromatic carbocycles. The van der Waals surface area contributed by atoms with Crippen LogP contribution in [0.1, 0.15) is 16.8 Å². The Morgan fingerprint density at radius 1 is 0.889 bits per heavy atom. The number of nitrogens with two attached hydrogens (primary N) is 2. The maximum atomic E-state index is 6.20. The molecule has 0 fully saturated rings. The standard InChI is InChI=1S/C21H20N6/c22-20-19-16(24-21(23)25-20)8-5-11-26(19)13-27-17-9-3-1-6-14(17)12-15-7-2-4-10-18(15)27/h1-10H,11-13H2,(H4,22,23,24,25). The van der Waals surface area contributed by atoms with Gasteiger partial charge in [0.2, 0.25) is 5.95 Å². The van der Waals surface area contributed by atoms with Crippen molar-refractivity contribution in [1.82, 2.24) is 9.97 Å². The molecule has 5 rings (SSSR count). The van der Waals surface area contributed by atoms with E-state index in [1.165, 1.54) is 22.5 Å². The molecule has 4 N–H and O–H groups in total. The van der Waals surface area contributed by atoms with Crippen LogP contribution in [0.2, 0.25) is 0 Å². The molecule has 0 saturated carbocycles. The molecule has 3 aromatic rings. The zero-order valence-electron chi connectivity index (χ0n) is 14.8. The summed E-state index contributed by atoms with van der Waals surface area (Å²) in [5, 5.41) is 0. The lowest BCUT2D eigenvalue weighted by Gasteiger charge is -2.39. The molecule has 0 spiro atoms. The van der Waals surface area contributed by atoms with Crippen LogP contribution < -0.4 is 21.3 Å². The zero-order valence-corrected chi connectivity index (χ0v) is 14.8. The van der Waals surface area contributed by atoms with Gasteiger partial charge in [0.1, 0.15) is 5.69 Å². The van der Waals surface area contributed by atoms with Gasteiger partial charge in [-0.2, -0.15) is 4.98 Å². The molecule has 0 radical (unpaired) electrons. The third kappa shape index (κ3) is 2.57. The molecule has 6 nitrogen and oxygen atoms in total. The Labute approximate surface area is 157 Å². The molecule has 1 aromatic heterocycles. The number of nitrogens with zero attached hydrogens (tertiary/aromatic N) is 4. The van der Waals surface area contributed by atoms with Crippen LogP contribution in [0.15, 0.2) is 54.6 Å². The topological polar surface area (TPSA) is 84.3 Å². The fourth-order valence-corrected chi connectivity index (χ4v) is 3.97. The fraction of sp³-hybridized carbons (Fsp3) is 0.143. The minimum atomic E-state index is 0.200. The number of aromatic nitrogens is 2. The average Bonchev–Trinajstić information content (AvgIpc) is 2.67. The molecule has 0 aliphatic carbocycles. The summed E-state index contributed by atoms with van der Waals surface area (Å²) < 4.78 is 0. The van der Waals surface area contributed by atoms with E-state index < -0.39 is 0 Å². The van der Waals surface area contributed by atoms with Gasteiger partial charge in [-0.1, -0.05) is 42.5 Å². The van der Waals surface area contributed by atoms with E-state index in [0.29, 0.717) is 12.5 Å². The predicted molar refractivity (Wildman–Crippen MR) is 110 cm³/mol. The lowest BCUT2D eigenvalue weighted by molar-refractivity contribution is 0.819. The highest BCUT2D eigenvalue weighted by atomic mass is 15.3. The fourth-order valence-electron chi connectivity index (χ4n) is 3.97. The summed E-state index contributed by atoms with van der Waals surface area (Å²) in [4.78, 5) is 13.1. The minimum Gasteiger partial charge on any atom is -0.382 e. The van der Waals surface area contributed by atoms with Crippen LogP contribution in [0.25, 0.3) is 6.08 Å². The van der Waals surface area contributed by atoms with Crippen LogP contribution >= 0.6 is 0 Å². The summed E-state index contributed by atoms with van der Waals surface area (Å²) in [6.07, 6.45) is 4.98. The first-order valence-electron chi connectivity index (χ1n) is 8.98. The molecule has 0 amide bonds. The third-order valence-corrected chi connectivity index (χ3v) is 5.13. The minimum absolute atomic E-state index is 0.200. The van der Waals surface area contributed by atoms with Crippen molar-refractivity contribution >= 4 is 34.9 Å². The predicted octanol–water partition coefficient (Wildman–Crippen LogP) is 3.17. The van der Waals surface area contributed by atoms with Crippen molar-refractivity contribution < 1.29 is 0 Å². The maximum absolute atomic E-state index is 6.20. The smallest absolute Gasteiger partial charge is 0.222 e. The van der Waals surface area contributed by atoms with Crippen LogP contribution in [-0.2, 0) is 6.42 Å². The Hall–Kier alpha value is -3.54. The molecule has 134 valence electrons. The van der Waals surface area contributed by atoms with Crippen molar-refractivity contribution in [2.45, 2.75) is 6.42 Å². The normalized spacial score (nSPS) is 14.5. The molecule has 0 saturated heterocycles. The van der Waals surface area contributed by atoms with Crippen LogP contribution in [0.5, 0.6) is 0 Å². The highest BCUT2D eigenvalue weighted by molar-refractivity contribution is 5.80. The first kappa shape index (κ1) is 15.7. The second-order valence-electron chi connectivity index (χ2n) is 6.83. The second-order valence-corrected chi connectivity index (χ2v) is 6.83. The maximum Gasteiger partial charge on any atom is 0.222 e. The lowest BCUT2D eigenvalue weighted by atomic mass is 9.96. The van der Waals surface area contributed by atoms with Gasteiger partial charge in [0.05, 0.1) is 12.4 Å². The summed E-state index contributed by atoms with van der Waals surface area (Å²) in [7, 11) is 0. The van der Waals surface area contributed by atoms with Gasteiger partial charge in [-0.05, 0) is 29.3 Å². The van der Waals surface area contributed by atoms with Crippen LogP contribution in [0.4, 0.5) is 28.8 Å². The van der Waals surface area contributed by atoms with E-state index in [1.54, 1.807) is 0 Å². The monoisotopic (exact) mass is 356 g/mol. The van der Waals surface area contributed by atoms with E-state index in [-0.39, 0.29) is 5.95 Å². The Kier molecular flexibility index (Phi) is 3.50. The molecule has 27 heavy (non-hydrogen) atoms. The summed E-state index contributed by atoms with van der Waals surface area (Å²) in [6.45, 7) is 1.40. The molecule has 2 aliphatic rings. The van der Waals surface area contributed by atoms with Crippen LogP contribution in [-0.4, -0.2) is 23.2 Å². The van der Waals surface area contributed by atoms with Crippen molar-refractivity contribution in [2.75, 3.05) is 34.5 Å². The van der Waals surface area contributed by atoms with E-state index in [4.69, 9.17) is 11.5 Å². The Balaban J connectivity index is 1.59. The summed E-state index contributed by atoms with van der Waals surface area (Å²) in [5.41, 5.74) is 18.7. The summed E-state index contributed by atoms with van der Waals surface area (Å²) in [6, 6.07) is 17.1. The van der Waals surface area contributed by atoms with Crippen molar-refractivity contribution in [3.05, 3.63) is 71.4 Å². The number of fused-ring (bicyclic) bond motifs is 3. The van der Waals surface area contributed by atoms with Gasteiger partial charge >= 0.3 is 0 Å². The Morgan fingerprint density at radius 3 is 2.26 bits per heavy atom. The number of rotatable bonds is 2. The molecule has 0 bridgehead atoms. The third-order valence-electron chi connectivity index (χ3n) is 5.13. The Bertz CT molecular complexity index is 1010. The van der Waals surface area contributed by atoms with Gasteiger partial charge in [0.15, 0.2) is 5.82 Å². The number of para-hydroxylation sites is 2. The molecule has 2 aliphatic heterocycles. The highest BCUT2D eigenvalue weighted by Gasteiger charge is 2.26. The number of hydrogen-bond donors (Lipinski definition) is 2. The molecular formula is C21H20N6. The van der Waals surface area contributed by atoms with Crippen LogP contribution in [0.3, 0.4) is 0 Å². The SMILES string of the molecule is Nc1nc(N)c2c(n1)C=CCN2CN1c2ccccc2Cc2ccccc21. The van der Waals surface area contributed by atoms with Gasteiger partial charge < -0.3 is 21.3 Å². The second kappa shape index (κ2) is 6.02.